The quantitative estimate of drug-likeness (QED) is 0.511. The van der Waals surface area contributed by atoms with E-state index in [0.717, 1.165) is 11.3 Å². The predicted molar refractivity (Wildman–Crippen MR) is 113 cm³/mol. The van der Waals surface area contributed by atoms with Gasteiger partial charge in [0.2, 0.25) is 10.0 Å². The zero-order chi connectivity index (χ0) is 21.7. The summed E-state index contributed by atoms with van der Waals surface area (Å²) in [5.41, 5.74) is 2.31. The molecule has 0 amide bonds. The van der Waals surface area contributed by atoms with Crippen molar-refractivity contribution in [3.8, 4) is 5.75 Å². The van der Waals surface area contributed by atoms with Crippen molar-refractivity contribution in [3.05, 3.63) is 77.4 Å². The van der Waals surface area contributed by atoms with Gasteiger partial charge >= 0.3 is 0 Å². The SMILES string of the molecule is CCOc1ccc(S(=O)(=O)N(Cc2ccc(F)cc2)Cc2cn(CC)nc2C)cc1. The van der Waals surface area contributed by atoms with Crippen molar-refractivity contribution in [2.75, 3.05) is 6.61 Å². The lowest BCUT2D eigenvalue weighted by Crippen LogP contribution is -2.30. The number of halogens is 1. The topological polar surface area (TPSA) is 64.4 Å². The summed E-state index contributed by atoms with van der Waals surface area (Å²) >= 11 is 0. The van der Waals surface area contributed by atoms with E-state index in [1.54, 1.807) is 41.1 Å². The molecule has 2 aromatic carbocycles. The minimum absolute atomic E-state index is 0.118. The second-order valence-electron chi connectivity index (χ2n) is 6.90. The van der Waals surface area contributed by atoms with E-state index in [1.165, 1.54) is 16.4 Å². The second-order valence-corrected chi connectivity index (χ2v) is 8.84. The van der Waals surface area contributed by atoms with Crippen LogP contribution in [0.4, 0.5) is 4.39 Å². The standard InChI is InChI=1S/C22H26FN3O3S/c1-4-25-15-19(17(3)24-25)16-26(14-18-6-8-20(23)9-7-18)30(27,28)22-12-10-21(11-13-22)29-5-2/h6-13,15H,4-5,14,16H2,1-3H3. The molecule has 0 saturated carbocycles. The Morgan fingerprint density at radius 1 is 1.03 bits per heavy atom. The lowest BCUT2D eigenvalue weighted by Gasteiger charge is -2.22. The van der Waals surface area contributed by atoms with Crippen LogP contribution in [0.25, 0.3) is 0 Å². The summed E-state index contributed by atoms with van der Waals surface area (Å²) < 4.78 is 48.8. The third kappa shape index (κ3) is 5.06. The van der Waals surface area contributed by atoms with Gasteiger partial charge in [0.25, 0.3) is 0 Å². The van der Waals surface area contributed by atoms with Gasteiger partial charge in [0, 0.05) is 31.4 Å². The van der Waals surface area contributed by atoms with Gasteiger partial charge in [-0.15, -0.1) is 0 Å². The number of sulfonamides is 1. The van der Waals surface area contributed by atoms with Crippen LogP contribution in [0.2, 0.25) is 0 Å². The van der Waals surface area contributed by atoms with E-state index in [1.807, 2.05) is 27.0 Å². The number of rotatable bonds is 9. The first-order chi connectivity index (χ1) is 14.3. The molecule has 0 aliphatic heterocycles. The third-order valence-corrected chi connectivity index (χ3v) is 6.57. The van der Waals surface area contributed by atoms with Crippen molar-refractivity contribution in [1.82, 2.24) is 14.1 Å². The lowest BCUT2D eigenvalue weighted by atomic mass is 10.2. The zero-order valence-electron chi connectivity index (χ0n) is 17.4. The number of hydrogen-bond donors (Lipinski definition) is 0. The highest BCUT2D eigenvalue weighted by atomic mass is 32.2. The van der Waals surface area contributed by atoms with E-state index in [4.69, 9.17) is 4.74 Å². The Balaban J connectivity index is 1.95. The molecule has 3 aromatic rings. The average molecular weight is 432 g/mol. The molecule has 0 N–H and O–H groups in total. The fourth-order valence-corrected chi connectivity index (χ4v) is 4.52. The third-order valence-electron chi connectivity index (χ3n) is 4.76. The number of nitrogens with zero attached hydrogens (tertiary/aromatic N) is 3. The van der Waals surface area contributed by atoms with Crippen molar-refractivity contribution in [2.24, 2.45) is 0 Å². The van der Waals surface area contributed by atoms with Gasteiger partial charge in [-0.3, -0.25) is 4.68 Å². The number of benzene rings is 2. The van der Waals surface area contributed by atoms with E-state index < -0.39 is 10.0 Å². The smallest absolute Gasteiger partial charge is 0.243 e. The van der Waals surface area contributed by atoms with Crippen molar-refractivity contribution in [1.29, 1.82) is 0 Å². The zero-order valence-corrected chi connectivity index (χ0v) is 18.2. The van der Waals surface area contributed by atoms with Gasteiger partial charge in [-0.2, -0.15) is 9.40 Å². The van der Waals surface area contributed by atoms with Crippen LogP contribution < -0.4 is 4.74 Å². The molecule has 1 heterocycles. The maximum absolute atomic E-state index is 13.4. The Bertz CT molecular complexity index is 1080. The van der Waals surface area contributed by atoms with Crippen molar-refractivity contribution in [3.63, 3.8) is 0 Å². The normalized spacial score (nSPS) is 11.8. The Morgan fingerprint density at radius 2 is 1.70 bits per heavy atom. The van der Waals surface area contributed by atoms with Gasteiger partial charge in [-0.25, -0.2) is 12.8 Å². The Hall–Kier alpha value is -2.71. The minimum atomic E-state index is -3.81. The van der Waals surface area contributed by atoms with Crippen LogP contribution in [0, 0.1) is 12.7 Å². The molecule has 0 fully saturated rings. The highest BCUT2D eigenvalue weighted by Crippen LogP contribution is 2.24. The highest BCUT2D eigenvalue weighted by molar-refractivity contribution is 7.89. The molecule has 0 atom stereocenters. The number of aryl methyl sites for hydroxylation is 2. The summed E-state index contributed by atoms with van der Waals surface area (Å²) in [5.74, 6) is 0.251. The van der Waals surface area contributed by atoms with Gasteiger partial charge in [-0.05, 0) is 62.7 Å². The van der Waals surface area contributed by atoms with Crippen LogP contribution in [0.3, 0.4) is 0 Å². The first-order valence-electron chi connectivity index (χ1n) is 9.84. The van der Waals surface area contributed by atoms with E-state index >= 15 is 0 Å². The van der Waals surface area contributed by atoms with Crippen LogP contribution >= 0.6 is 0 Å². The molecule has 30 heavy (non-hydrogen) atoms. The van der Waals surface area contributed by atoms with Crippen molar-refractivity contribution >= 4 is 10.0 Å². The van der Waals surface area contributed by atoms with Gasteiger partial charge in [0.05, 0.1) is 17.2 Å². The van der Waals surface area contributed by atoms with Gasteiger partial charge in [0.15, 0.2) is 0 Å². The molecule has 3 rings (SSSR count). The van der Waals surface area contributed by atoms with E-state index in [9.17, 15) is 12.8 Å². The maximum Gasteiger partial charge on any atom is 0.243 e. The van der Waals surface area contributed by atoms with E-state index in [0.29, 0.717) is 24.5 Å². The molecule has 6 nitrogen and oxygen atoms in total. The van der Waals surface area contributed by atoms with Gasteiger partial charge in [0.1, 0.15) is 11.6 Å². The highest BCUT2D eigenvalue weighted by Gasteiger charge is 2.26. The number of hydrogen-bond acceptors (Lipinski definition) is 4. The summed E-state index contributed by atoms with van der Waals surface area (Å²) in [6.45, 7) is 7.19. The van der Waals surface area contributed by atoms with Crippen LogP contribution in [-0.2, 0) is 29.7 Å². The minimum Gasteiger partial charge on any atom is -0.494 e. The molecule has 0 aliphatic rings. The largest absolute Gasteiger partial charge is 0.494 e. The monoisotopic (exact) mass is 431 g/mol. The Labute approximate surface area is 177 Å². The molecule has 0 spiro atoms. The summed E-state index contributed by atoms with van der Waals surface area (Å²) in [5, 5.41) is 4.42. The molecular weight excluding hydrogens is 405 g/mol. The Kier molecular flexibility index (Phi) is 6.89. The first kappa shape index (κ1) is 22.0. The van der Waals surface area contributed by atoms with Crippen molar-refractivity contribution < 1.29 is 17.5 Å². The van der Waals surface area contributed by atoms with Crippen LogP contribution in [0.5, 0.6) is 5.75 Å². The summed E-state index contributed by atoms with van der Waals surface area (Å²) in [6.07, 6.45) is 1.86. The van der Waals surface area contributed by atoms with Crippen LogP contribution in [0.1, 0.15) is 30.7 Å². The summed E-state index contributed by atoms with van der Waals surface area (Å²) in [4.78, 5) is 0.175. The molecule has 0 radical (unpaired) electrons. The average Bonchev–Trinajstić information content (AvgIpc) is 3.09. The van der Waals surface area contributed by atoms with E-state index in [2.05, 4.69) is 5.10 Å². The van der Waals surface area contributed by atoms with Crippen molar-refractivity contribution in [2.45, 2.75) is 45.3 Å². The molecule has 0 unspecified atom stereocenters. The van der Waals surface area contributed by atoms with Gasteiger partial charge in [-0.1, -0.05) is 12.1 Å². The summed E-state index contributed by atoms with van der Waals surface area (Å²) in [7, 11) is -3.81. The Morgan fingerprint density at radius 3 is 2.27 bits per heavy atom. The fraction of sp³-hybridized carbons (Fsp3) is 0.318. The fourth-order valence-electron chi connectivity index (χ4n) is 3.11. The second kappa shape index (κ2) is 9.40. The molecule has 1 aromatic heterocycles. The molecule has 160 valence electrons. The van der Waals surface area contributed by atoms with Gasteiger partial charge < -0.3 is 4.74 Å². The predicted octanol–water partition coefficient (Wildman–Crippen LogP) is 4.14. The lowest BCUT2D eigenvalue weighted by molar-refractivity contribution is 0.340. The van der Waals surface area contributed by atoms with Crippen LogP contribution in [0.15, 0.2) is 59.6 Å². The number of aromatic nitrogens is 2. The molecule has 0 bridgehead atoms. The molecule has 0 saturated heterocycles. The molecule has 0 aliphatic carbocycles. The first-order valence-corrected chi connectivity index (χ1v) is 11.3. The number of ether oxygens (including phenoxy) is 1. The molecule has 8 heteroatoms. The van der Waals surface area contributed by atoms with E-state index in [-0.39, 0.29) is 23.8 Å². The maximum atomic E-state index is 13.4. The molecular formula is C22H26FN3O3S. The summed E-state index contributed by atoms with van der Waals surface area (Å²) in [6, 6.07) is 12.2. The van der Waals surface area contributed by atoms with Crippen LogP contribution in [-0.4, -0.2) is 29.1 Å².